The number of thiazole rings is 1. The summed E-state index contributed by atoms with van der Waals surface area (Å²) in [6, 6.07) is 7.16. The molecular weight excluding hydrogens is 461 g/mol. The number of halogens is 4. The zero-order valence-corrected chi connectivity index (χ0v) is 16.5. The summed E-state index contributed by atoms with van der Waals surface area (Å²) in [4.78, 5) is 28.6. The number of amides is 1. The molecule has 1 N–H and O–H groups in total. The van der Waals surface area contributed by atoms with E-state index in [2.05, 4.69) is 20.9 Å². The normalized spacial score (nSPS) is 11.0. The van der Waals surface area contributed by atoms with Crippen LogP contribution in [0.4, 0.5) is 18.9 Å². The summed E-state index contributed by atoms with van der Waals surface area (Å²) in [6.45, 7) is -0.144. The molecule has 2 aromatic carbocycles. The Hall–Kier alpha value is -2.46. The SMILES string of the molecule is O=C(O)CCC(=O)N(Cc1nc2c(F)c(F)cc(F)c2s1)c1cccc(Br)c1. The van der Waals surface area contributed by atoms with E-state index >= 15 is 0 Å². The quantitative estimate of drug-likeness (QED) is 0.519. The molecule has 0 unspecified atom stereocenters. The summed E-state index contributed by atoms with van der Waals surface area (Å²) in [5, 5.41) is 9.01. The molecule has 0 aliphatic rings. The molecule has 0 bridgehead atoms. The summed E-state index contributed by atoms with van der Waals surface area (Å²) in [5.41, 5.74) is 0.0146. The van der Waals surface area contributed by atoms with Gasteiger partial charge in [0, 0.05) is 22.6 Å². The molecule has 0 saturated heterocycles. The highest BCUT2D eigenvalue weighted by atomic mass is 79.9. The lowest BCUT2D eigenvalue weighted by Gasteiger charge is -2.22. The van der Waals surface area contributed by atoms with Crippen molar-refractivity contribution in [1.29, 1.82) is 0 Å². The van der Waals surface area contributed by atoms with Crippen LogP contribution in [-0.4, -0.2) is 22.0 Å². The van der Waals surface area contributed by atoms with Crippen LogP contribution < -0.4 is 4.90 Å². The van der Waals surface area contributed by atoms with Gasteiger partial charge in [0.2, 0.25) is 5.91 Å². The number of aliphatic carboxylic acids is 1. The number of rotatable bonds is 6. The lowest BCUT2D eigenvalue weighted by molar-refractivity contribution is -0.138. The molecule has 146 valence electrons. The van der Waals surface area contributed by atoms with E-state index < -0.39 is 34.8 Å². The first-order valence-corrected chi connectivity index (χ1v) is 9.58. The number of carboxylic acid groups (broad SMARTS) is 1. The van der Waals surface area contributed by atoms with E-state index in [4.69, 9.17) is 5.11 Å². The number of benzene rings is 2. The van der Waals surface area contributed by atoms with Gasteiger partial charge >= 0.3 is 5.97 Å². The van der Waals surface area contributed by atoms with E-state index in [0.29, 0.717) is 16.2 Å². The number of carbonyl (C=O) groups excluding carboxylic acids is 1. The first kappa shape index (κ1) is 20.3. The molecule has 0 saturated carbocycles. The minimum Gasteiger partial charge on any atom is -0.481 e. The van der Waals surface area contributed by atoms with Crippen molar-refractivity contribution in [3.63, 3.8) is 0 Å². The maximum Gasteiger partial charge on any atom is 0.303 e. The van der Waals surface area contributed by atoms with Gasteiger partial charge in [0.15, 0.2) is 11.6 Å². The number of fused-ring (bicyclic) bond motifs is 1. The van der Waals surface area contributed by atoms with Crippen molar-refractivity contribution in [1.82, 2.24) is 4.98 Å². The molecule has 3 rings (SSSR count). The minimum absolute atomic E-state index is 0.144. The number of hydrogen-bond donors (Lipinski definition) is 1. The first-order chi connectivity index (χ1) is 13.3. The summed E-state index contributed by atoms with van der Waals surface area (Å²) >= 11 is 4.10. The Labute approximate surface area is 169 Å². The molecule has 1 amide bonds. The van der Waals surface area contributed by atoms with Crippen molar-refractivity contribution >= 4 is 55.0 Å². The van der Waals surface area contributed by atoms with Crippen LogP contribution in [0.2, 0.25) is 0 Å². The van der Waals surface area contributed by atoms with Gasteiger partial charge in [-0.1, -0.05) is 22.0 Å². The van der Waals surface area contributed by atoms with Crippen LogP contribution in [0.15, 0.2) is 34.8 Å². The average molecular weight is 473 g/mol. The molecule has 5 nitrogen and oxygen atoms in total. The summed E-state index contributed by atoms with van der Waals surface area (Å²) in [5.74, 6) is -5.16. The number of aromatic nitrogens is 1. The van der Waals surface area contributed by atoms with Gasteiger partial charge in [-0.2, -0.15) is 0 Å². The van der Waals surface area contributed by atoms with Gasteiger partial charge in [-0.15, -0.1) is 11.3 Å². The second kappa shape index (κ2) is 8.27. The topological polar surface area (TPSA) is 70.5 Å². The molecule has 0 fully saturated rings. The van der Waals surface area contributed by atoms with E-state index in [0.717, 1.165) is 11.3 Å². The van der Waals surface area contributed by atoms with E-state index in [-0.39, 0.29) is 29.1 Å². The van der Waals surface area contributed by atoms with Crippen LogP contribution in [0.5, 0.6) is 0 Å². The third kappa shape index (κ3) is 4.33. The van der Waals surface area contributed by atoms with Crippen LogP contribution in [0.3, 0.4) is 0 Å². The van der Waals surface area contributed by atoms with E-state index in [1.54, 1.807) is 24.3 Å². The van der Waals surface area contributed by atoms with E-state index in [9.17, 15) is 22.8 Å². The molecule has 1 heterocycles. The Morgan fingerprint density at radius 3 is 2.57 bits per heavy atom. The number of anilines is 1. The number of carboxylic acids is 1. The lowest BCUT2D eigenvalue weighted by Crippen LogP contribution is -2.30. The molecule has 28 heavy (non-hydrogen) atoms. The van der Waals surface area contributed by atoms with Crippen molar-refractivity contribution < 1.29 is 27.9 Å². The molecule has 0 radical (unpaired) electrons. The second-order valence-corrected chi connectivity index (χ2v) is 7.79. The van der Waals surface area contributed by atoms with Crippen LogP contribution in [0.25, 0.3) is 10.2 Å². The fraction of sp³-hybridized carbons (Fsp3) is 0.167. The highest BCUT2D eigenvalue weighted by Gasteiger charge is 2.22. The second-order valence-electron chi connectivity index (χ2n) is 5.79. The molecule has 0 atom stereocenters. The monoisotopic (exact) mass is 472 g/mol. The molecule has 10 heteroatoms. The zero-order valence-electron chi connectivity index (χ0n) is 14.1. The number of hydrogen-bond acceptors (Lipinski definition) is 4. The van der Waals surface area contributed by atoms with Gasteiger partial charge in [0.25, 0.3) is 0 Å². The predicted molar refractivity (Wildman–Crippen MR) is 102 cm³/mol. The molecule has 0 aliphatic carbocycles. The van der Waals surface area contributed by atoms with Crippen LogP contribution in [0, 0.1) is 17.5 Å². The zero-order chi connectivity index (χ0) is 20.4. The average Bonchev–Trinajstić information content (AvgIpc) is 3.07. The van der Waals surface area contributed by atoms with Gasteiger partial charge < -0.3 is 10.0 Å². The van der Waals surface area contributed by atoms with Gasteiger partial charge in [0.1, 0.15) is 16.3 Å². The van der Waals surface area contributed by atoms with Gasteiger partial charge in [-0.25, -0.2) is 18.2 Å². The van der Waals surface area contributed by atoms with Crippen molar-refractivity contribution in [2.24, 2.45) is 0 Å². The van der Waals surface area contributed by atoms with Gasteiger partial charge in [-0.05, 0) is 18.2 Å². The Bertz CT molecular complexity index is 1070. The molecule has 3 aromatic rings. The summed E-state index contributed by atoms with van der Waals surface area (Å²) in [6.07, 6.45) is -0.623. The molecular formula is C18H12BrF3N2O3S. The molecule has 1 aromatic heterocycles. The van der Waals surface area contributed by atoms with E-state index in [1.807, 2.05) is 0 Å². The van der Waals surface area contributed by atoms with Crippen LogP contribution >= 0.6 is 27.3 Å². The Kier molecular flexibility index (Phi) is 5.99. The highest BCUT2D eigenvalue weighted by Crippen LogP contribution is 2.31. The molecule has 0 aliphatic heterocycles. The minimum atomic E-state index is -1.34. The largest absolute Gasteiger partial charge is 0.481 e. The Morgan fingerprint density at radius 1 is 1.14 bits per heavy atom. The lowest BCUT2D eigenvalue weighted by atomic mass is 10.2. The summed E-state index contributed by atoms with van der Waals surface area (Å²) < 4.78 is 41.8. The van der Waals surface area contributed by atoms with Gasteiger partial charge in [0.05, 0.1) is 17.7 Å². The van der Waals surface area contributed by atoms with E-state index in [1.165, 1.54) is 4.90 Å². The summed E-state index contributed by atoms with van der Waals surface area (Å²) in [7, 11) is 0. The maximum atomic E-state index is 13.9. The standard InChI is InChI=1S/C18H12BrF3N2O3S/c19-9-2-1-3-10(6-9)24(14(25)4-5-15(26)27)8-13-23-17-16(22)11(20)7-12(21)18(17)28-13/h1-3,6-7H,4-5,8H2,(H,26,27). The first-order valence-electron chi connectivity index (χ1n) is 7.97. The maximum absolute atomic E-state index is 13.9. The smallest absolute Gasteiger partial charge is 0.303 e. The van der Waals surface area contributed by atoms with Crippen molar-refractivity contribution in [2.45, 2.75) is 19.4 Å². The molecule has 0 spiro atoms. The predicted octanol–water partition coefficient (Wildman–Crippen LogP) is 4.87. The Morgan fingerprint density at radius 2 is 1.89 bits per heavy atom. The van der Waals surface area contributed by atoms with Crippen molar-refractivity contribution in [2.75, 3.05) is 4.90 Å². The van der Waals surface area contributed by atoms with Crippen molar-refractivity contribution in [3.8, 4) is 0 Å². The third-order valence-electron chi connectivity index (χ3n) is 3.83. The third-order valence-corrected chi connectivity index (χ3v) is 5.37. The van der Waals surface area contributed by atoms with Gasteiger partial charge in [-0.3, -0.25) is 9.59 Å². The number of nitrogens with zero attached hydrogens (tertiary/aromatic N) is 2. The van der Waals surface area contributed by atoms with Crippen LogP contribution in [0.1, 0.15) is 17.8 Å². The Balaban J connectivity index is 1.98. The fourth-order valence-electron chi connectivity index (χ4n) is 2.55. The fourth-order valence-corrected chi connectivity index (χ4v) is 3.89. The van der Waals surface area contributed by atoms with Crippen molar-refractivity contribution in [3.05, 3.63) is 57.3 Å². The highest BCUT2D eigenvalue weighted by molar-refractivity contribution is 9.10. The van der Waals surface area contributed by atoms with Crippen LogP contribution in [-0.2, 0) is 16.1 Å². The number of carbonyl (C=O) groups is 2.